The lowest BCUT2D eigenvalue weighted by Gasteiger charge is -2.24. The highest BCUT2D eigenvalue weighted by Crippen LogP contribution is 2.22. The van der Waals surface area contributed by atoms with Crippen LogP contribution in [-0.4, -0.2) is 24.3 Å². The van der Waals surface area contributed by atoms with Gasteiger partial charge in [0, 0.05) is 12.6 Å². The third kappa shape index (κ3) is 5.31. The van der Waals surface area contributed by atoms with Crippen molar-refractivity contribution in [1.82, 2.24) is 5.32 Å². The smallest absolute Gasteiger partial charge is 0.0445 e. The highest BCUT2D eigenvalue weighted by molar-refractivity contribution is 4.74. The number of aliphatic hydroxyl groups excluding tert-OH is 1. The van der Waals surface area contributed by atoms with Crippen LogP contribution in [0, 0.1) is 11.8 Å². The average molecular weight is 227 g/mol. The zero-order chi connectivity index (χ0) is 11.8. The second-order valence-corrected chi connectivity index (χ2v) is 5.63. The Kier molecular flexibility index (Phi) is 7.06. The van der Waals surface area contributed by atoms with Crippen molar-refractivity contribution in [2.45, 2.75) is 64.8 Å². The molecule has 1 fully saturated rings. The first-order valence-electron chi connectivity index (χ1n) is 7.08. The van der Waals surface area contributed by atoms with Gasteiger partial charge in [0.1, 0.15) is 0 Å². The molecule has 2 N–H and O–H groups in total. The fourth-order valence-corrected chi connectivity index (χ4v) is 2.70. The van der Waals surface area contributed by atoms with Gasteiger partial charge in [-0.3, -0.25) is 0 Å². The Morgan fingerprint density at radius 1 is 1.12 bits per heavy atom. The molecule has 1 aliphatic carbocycles. The third-order valence-corrected chi connectivity index (χ3v) is 3.89. The summed E-state index contributed by atoms with van der Waals surface area (Å²) in [6, 6.07) is 0.494. The van der Waals surface area contributed by atoms with E-state index in [4.69, 9.17) is 5.11 Å². The van der Waals surface area contributed by atoms with Gasteiger partial charge in [-0.15, -0.1) is 0 Å². The van der Waals surface area contributed by atoms with Crippen molar-refractivity contribution in [3.8, 4) is 0 Å². The van der Waals surface area contributed by atoms with Gasteiger partial charge in [-0.05, 0) is 37.6 Å². The van der Waals surface area contributed by atoms with Gasteiger partial charge < -0.3 is 10.4 Å². The summed E-state index contributed by atoms with van der Waals surface area (Å²) in [6.07, 6.45) is 9.39. The van der Waals surface area contributed by atoms with E-state index in [9.17, 15) is 0 Å². The maximum atomic E-state index is 9.03. The minimum absolute atomic E-state index is 0.306. The van der Waals surface area contributed by atoms with Gasteiger partial charge >= 0.3 is 0 Å². The number of aliphatic hydroxyl groups is 1. The Hall–Kier alpha value is -0.0800. The molecule has 0 heterocycles. The Labute approximate surface area is 101 Å². The number of nitrogens with one attached hydrogen (secondary N) is 1. The van der Waals surface area contributed by atoms with Gasteiger partial charge in [0.2, 0.25) is 0 Å². The molecule has 16 heavy (non-hydrogen) atoms. The molecular weight excluding hydrogens is 198 g/mol. The van der Waals surface area contributed by atoms with Crippen molar-refractivity contribution < 1.29 is 5.11 Å². The molecule has 0 spiro atoms. The Bertz CT molecular complexity index is 162. The molecule has 96 valence electrons. The standard InChI is InChI=1S/C14H29NO/c1-12(2)14(9-10-16)15-11-13-7-5-3-4-6-8-13/h12-16H,3-11H2,1-2H3. The van der Waals surface area contributed by atoms with E-state index >= 15 is 0 Å². The van der Waals surface area contributed by atoms with Crippen molar-refractivity contribution in [2.75, 3.05) is 13.2 Å². The summed E-state index contributed by atoms with van der Waals surface area (Å²) in [4.78, 5) is 0. The Balaban J connectivity index is 2.24. The molecule has 0 aromatic rings. The van der Waals surface area contributed by atoms with Crippen LogP contribution in [0.15, 0.2) is 0 Å². The first kappa shape index (κ1) is 14.0. The minimum Gasteiger partial charge on any atom is -0.396 e. The first-order chi connectivity index (χ1) is 7.74. The summed E-state index contributed by atoms with van der Waals surface area (Å²) in [6.45, 7) is 5.93. The Morgan fingerprint density at radius 3 is 2.25 bits per heavy atom. The van der Waals surface area contributed by atoms with E-state index in [-0.39, 0.29) is 0 Å². The van der Waals surface area contributed by atoms with Crippen molar-refractivity contribution in [3.05, 3.63) is 0 Å². The highest BCUT2D eigenvalue weighted by atomic mass is 16.3. The molecule has 0 amide bonds. The lowest BCUT2D eigenvalue weighted by molar-refractivity contribution is 0.237. The van der Waals surface area contributed by atoms with Crippen molar-refractivity contribution in [1.29, 1.82) is 0 Å². The van der Waals surface area contributed by atoms with E-state index in [1.165, 1.54) is 38.5 Å². The van der Waals surface area contributed by atoms with E-state index in [2.05, 4.69) is 19.2 Å². The van der Waals surface area contributed by atoms with E-state index in [1.807, 2.05) is 0 Å². The SMILES string of the molecule is CC(C)C(CCO)NCC1CCCCCC1. The molecule has 1 aliphatic rings. The summed E-state index contributed by atoms with van der Waals surface area (Å²) in [5.74, 6) is 1.50. The number of rotatable bonds is 6. The number of hydrogen-bond acceptors (Lipinski definition) is 2. The summed E-state index contributed by atoms with van der Waals surface area (Å²) in [5.41, 5.74) is 0. The van der Waals surface area contributed by atoms with Crippen LogP contribution in [0.1, 0.15) is 58.8 Å². The predicted octanol–water partition coefficient (Wildman–Crippen LogP) is 2.95. The predicted molar refractivity (Wildman–Crippen MR) is 69.5 cm³/mol. The van der Waals surface area contributed by atoms with Gasteiger partial charge in [-0.25, -0.2) is 0 Å². The van der Waals surface area contributed by atoms with Gasteiger partial charge in [0.25, 0.3) is 0 Å². The molecule has 0 radical (unpaired) electrons. The first-order valence-corrected chi connectivity index (χ1v) is 7.08. The van der Waals surface area contributed by atoms with Gasteiger partial charge in [-0.1, -0.05) is 39.5 Å². The van der Waals surface area contributed by atoms with Crippen LogP contribution in [-0.2, 0) is 0 Å². The second-order valence-electron chi connectivity index (χ2n) is 5.63. The molecule has 0 saturated heterocycles. The maximum Gasteiger partial charge on any atom is 0.0445 e. The largest absolute Gasteiger partial charge is 0.396 e. The van der Waals surface area contributed by atoms with E-state index in [0.29, 0.717) is 18.6 Å². The van der Waals surface area contributed by atoms with Crippen LogP contribution in [0.5, 0.6) is 0 Å². The van der Waals surface area contributed by atoms with Gasteiger partial charge in [0.15, 0.2) is 0 Å². The second kappa shape index (κ2) is 8.08. The van der Waals surface area contributed by atoms with E-state index in [1.54, 1.807) is 0 Å². The summed E-state index contributed by atoms with van der Waals surface area (Å²) < 4.78 is 0. The normalized spacial score (nSPS) is 21.0. The molecule has 2 nitrogen and oxygen atoms in total. The monoisotopic (exact) mass is 227 g/mol. The van der Waals surface area contributed by atoms with Crippen molar-refractivity contribution in [2.24, 2.45) is 11.8 Å². The molecule has 2 heteroatoms. The van der Waals surface area contributed by atoms with Crippen LogP contribution in [0.4, 0.5) is 0 Å². The fourth-order valence-electron chi connectivity index (χ4n) is 2.70. The van der Waals surface area contributed by atoms with Gasteiger partial charge in [-0.2, -0.15) is 0 Å². The zero-order valence-corrected chi connectivity index (χ0v) is 11.0. The maximum absolute atomic E-state index is 9.03. The van der Waals surface area contributed by atoms with E-state index in [0.717, 1.165) is 18.9 Å². The zero-order valence-electron chi connectivity index (χ0n) is 11.0. The molecule has 0 bridgehead atoms. The fraction of sp³-hybridized carbons (Fsp3) is 1.00. The highest BCUT2D eigenvalue weighted by Gasteiger charge is 2.16. The molecule has 1 unspecified atom stereocenters. The average Bonchev–Trinajstić information content (AvgIpc) is 2.52. The van der Waals surface area contributed by atoms with Crippen LogP contribution in [0.3, 0.4) is 0 Å². The third-order valence-electron chi connectivity index (χ3n) is 3.89. The topological polar surface area (TPSA) is 32.3 Å². The van der Waals surface area contributed by atoms with Crippen molar-refractivity contribution in [3.63, 3.8) is 0 Å². The van der Waals surface area contributed by atoms with Crippen LogP contribution in [0.25, 0.3) is 0 Å². The lowest BCUT2D eigenvalue weighted by Crippen LogP contribution is -2.37. The minimum atomic E-state index is 0.306. The molecule has 0 aliphatic heterocycles. The summed E-state index contributed by atoms with van der Waals surface area (Å²) in [5, 5.41) is 12.7. The molecule has 0 aromatic heterocycles. The quantitative estimate of drug-likeness (QED) is 0.684. The van der Waals surface area contributed by atoms with Crippen molar-refractivity contribution >= 4 is 0 Å². The van der Waals surface area contributed by atoms with Gasteiger partial charge in [0.05, 0.1) is 0 Å². The lowest BCUT2D eigenvalue weighted by atomic mass is 9.97. The van der Waals surface area contributed by atoms with Crippen LogP contribution in [0.2, 0.25) is 0 Å². The van der Waals surface area contributed by atoms with E-state index < -0.39 is 0 Å². The summed E-state index contributed by atoms with van der Waals surface area (Å²) >= 11 is 0. The molecule has 0 aromatic carbocycles. The summed E-state index contributed by atoms with van der Waals surface area (Å²) in [7, 11) is 0. The van der Waals surface area contributed by atoms with Crippen LogP contribution >= 0.6 is 0 Å². The molecule has 1 atom stereocenters. The molecular formula is C14H29NO. The molecule has 1 saturated carbocycles. The van der Waals surface area contributed by atoms with Crippen LogP contribution < -0.4 is 5.32 Å². The Morgan fingerprint density at radius 2 is 1.75 bits per heavy atom. The number of hydrogen-bond donors (Lipinski definition) is 2. The molecule has 1 rings (SSSR count).